The van der Waals surface area contributed by atoms with Crippen molar-refractivity contribution in [2.24, 2.45) is 0 Å². The number of benzene rings is 1. The summed E-state index contributed by atoms with van der Waals surface area (Å²) in [7, 11) is 1.57. The first-order chi connectivity index (χ1) is 11.7. The monoisotopic (exact) mass is 324 g/mol. The molecule has 1 aliphatic carbocycles. The predicted octanol–water partition coefficient (Wildman–Crippen LogP) is 2.31. The quantitative estimate of drug-likeness (QED) is 0.818. The van der Waals surface area contributed by atoms with E-state index in [1.165, 1.54) is 11.1 Å². The summed E-state index contributed by atoms with van der Waals surface area (Å²) in [5, 5.41) is 12.2. The number of fused-ring (bicyclic) bond motifs is 5. The summed E-state index contributed by atoms with van der Waals surface area (Å²) in [6.07, 6.45) is 7.38. The number of nitrogens with zero attached hydrogens (tertiary/aromatic N) is 1. The smallest absolute Gasteiger partial charge is 0.213 e. The van der Waals surface area contributed by atoms with E-state index in [0.717, 1.165) is 29.4 Å². The number of aromatic hydroxyl groups is 1. The van der Waals surface area contributed by atoms with Gasteiger partial charge in [-0.25, -0.2) is 0 Å². The molecule has 122 valence electrons. The Bertz CT molecular complexity index is 915. The number of aromatic nitrogens is 1. The first-order valence-corrected chi connectivity index (χ1v) is 8.14. The molecular weight excluding hydrogens is 306 g/mol. The second kappa shape index (κ2) is 5.06. The molecule has 2 atom stereocenters. The number of allylic oxidation sites excluding steroid dienone is 2. The SMILES string of the molecule is COc1ccc2cc3[n+](cc2c1O)CCC1=CC2OCOC2C=C13. The van der Waals surface area contributed by atoms with Gasteiger partial charge in [-0.3, -0.25) is 0 Å². The lowest BCUT2D eigenvalue weighted by Crippen LogP contribution is -2.42. The van der Waals surface area contributed by atoms with Crippen molar-refractivity contribution in [1.82, 2.24) is 0 Å². The standard InChI is InChI=1S/C19H17NO4/c1-22-16-3-2-11-6-15-13-8-18-17(23-10-24-18)7-12(13)4-5-20(15)9-14(11)19(16)21/h2-3,6-9,17-18H,4-5,10H2,1H3/p+1. The molecule has 5 rings (SSSR count). The van der Waals surface area contributed by atoms with Crippen molar-refractivity contribution < 1.29 is 23.9 Å². The highest BCUT2D eigenvalue weighted by Gasteiger charge is 2.36. The maximum atomic E-state index is 10.4. The van der Waals surface area contributed by atoms with Gasteiger partial charge in [-0.1, -0.05) is 0 Å². The van der Waals surface area contributed by atoms with Gasteiger partial charge in [0.1, 0.15) is 19.0 Å². The molecule has 0 radical (unpaired) electrons. The second-order valence-corrected chi connectivity index (χ2v) is 6.37. The normalized spacial score (nSPS) is 24.7. The summed E-state index contributed by atoms with van der Waals surface area (Å²) in [6.45, 7) is 1.23. The van der Waals surface area contributed by atoms with E-state index in [-0.39, 0.29) is 18.0 Å². The van der Waals surface area contributed by atoms with E-state index in [1.807, 2.05) is 12.3 Å². The molecule has 0 bridgehead atoms. The zero-order valence-corrected chi connectivity index (χ0v) is 13.4. The van der Waals surface area contributed by atoms with Crippen LogP contribution < -0.4 is 9.30 Å². The van der Waals surface area contributed by atoms with Gasteiger partial charge in [0, 0.05) is 18.1 Å². The van der Waals surface area contributed by atoms with Crippen LogP contribution in [0.5, 0.6) is 11.5 Å². The zero-order valence-electron chi connectivity index (χ0n) is 13.4. The van der Waals surface area contributed by atoms with Crippen molar-refractivity contribution in [2.45, 2.75) is 25.2 Å². The van der Waals surface area contributed by atoms with Crippen molar-refractivity contribution in [1.29, 1.82) is 0 Å². The summed E-state index contributed by atoms with van der Waals surface area (Å²) >= 11 is 0. The van der Waals surface area contributed by atoms with Crippen molar-refractivity contribution in [3.8, 4) is 11.5 Å². The Morgan fingerprint density at radius 3 is 2.88 bits per heavy atom. The summed E-state index contributed by atoms with van der Waals surface area (Å²) < 4.78 is 18.7. The highest BCUT2D eigenvalue weighted by molar-refractivity contribution is 5.92. The Morgan fingerprint density at radius 2 is 2.04 bits per heavy atom. The van der Waals surface area contributed by atoms with Crippen LogP contribution >= 0.6 is 0 Å². The van der Waals surface area contributed by atoms with E-state index < -0.39 is 0 Å². The van der Waals surface area contributed by atoms with Gasteiger partial charge in [0.2, 0.25) is 5.69 Å². The van der Waals surface area contributed by atoms with Crippen LogP contribution in [0.2, 0.25) is 0 Å². The molecule has 1 aromatic heterocycles. The maximum Gasteiger partial charge on any atom is 0.213 e. The number of aryl methyl sites for hydroxylation is 1. The van der Waals surface area contributed by atoms with Crippen LogP contribution in [0.1, 0.15) is 12.1 Å². The molecule has 2 aromatic rings. The molecule has 3 heterocycles. The summed E-state index contributed by atoms with van der Waals surface area (Å²) in [4.78, 5) is 0. The fraction of sp³-hybridized carbons (Fsp3) is 0.316. The Kier molecular flexibility index (Phi) is 2.96. The van der Waals surface area contributed by atoms with Gasteiger partial charge >= 0.3 is 0 Å². The number of phenolic OH excluding ortho intramolecular Hbond substituents is 1. The topological polar surface area (TPSA) is 51.8 Å². The molecule has 5 nitrogen and oxygen atoms in total. The van der Waals surface area contributed by atoms with Gasteiger partial charge in [-0.05, 0) is 35.2 Å². The Morgan fingerprint density at radius 1 is 1.21 bits per heavy atom. The third-order valence-electron chi connectivity index (χ3n) is 5.11. The van der Waals surface area contributed by atoms with Crippen molar-refractivity contribution in [3.63, 3.8) is 0 Å². The van der Waals surface area contributed by atoms with Gasteiger partial charge in [-0.15, -0.1) is 0 Å². The number of phenols is 1. The molecule has 0 saturated carbocycles. The van der Waals surface area contributed by atoms with Crippen LogP contribution in [0.15, 0.2) is 42.1 Å². The molecule has 1 aromatic carbocycles. The molecule has 2 aliphatic heterocycles. The highest BCUT2D eigenvalue weighted by Crippen LogP contribution is 2.39. The Balaban J connectivity index is 1.69. The van der Waals surface area contributed by atoms with Crippen LogP contribution in [0, 0.1) is 0 Å². The first kappa shape index (κ1) is 14.0. The number of pyridine rings is 1. The first-order valence-electron chi connectivity index (χ1n) is 8.14. The van der Waals surface area contributed by atoms with Gasteiger partial charge < -0.3 is 19.3 Å². The number of methoxy groups -OCH3 is 1. The highest BCUT2D eigenvalue weighted by atomic mass is 16.7. The van der Waals surface area contributed by atoms with Crippen LogP contribution in [0.4, 0.5) is 0 Å². The lowest BCUT2D eigenvalue weighted by Gasteiger charge is -2.24. The Labute approximate surface area is 139 Å². The molecular formula is C19H18NO4+. The van der Waals surface area contributed by atoms with Gasteiger partial charge in [0.25, 0.3) is 0 Å². The molecule has 0 spiro atoms. The van der Waals surface area contributed by atoms with Crippen molar-refractivity contribution in [2.75, 3.05) is 13.9 Å². The van der Waals surface area contributed by atoms with Crippen molar-refractivity contribution >= 4 is 16.3 Å². The minimum absolute atomic E-state index is 0.00438. The minimum Gasteiger partial charge on any atom is -0.504 e. The largest absolute Gasteiger partial charge is 0.504 e. The molecule has 5 heteroatoms. The molecule has 2 unspecified atom stereocenters. The number of ether oxygens (including phenoxy) is 3. The van der Waals surface area contributed by atoms with E-state index in [0.29, 0.717) is 12.5 Å². The molecule has 1 saturated heterocycles. The third-order valence-corrected chi connectivity index (χ3v) is 5.11. The molecule has 1 fully saturated rings. The van der Waals surface area contributed by atoms with Gasteiger partial charge in [0.15, 0.2) is 24.2 Å². The minimum atomic E-state index is -0.00438. The molecule has 3 aliphatic rings. The number of hydrogen-bond donors (Lipinski definition) is 1. The van der Waals surface area contributed by atoms with Crippen LogP contribution in [0.3, 0.4) is 0 Å². The third kappa shape index (κ3) is 1.92. The van der Waals surface area contributed by atoms with Crippen LogP contribution in [-0.2, 0) is 16.0 Å². The van der Waals surface area contributed by atoms with E-state index in [1.54, 1.807) is 13.2 Å². The van der Waals surface area contributed by atoms with E-state index in [4.69, 9.17) is 14.2 Å². The number of rotatable bonds is 1. The van der Waals surface area contributed by atoms with Gasteiger partial charge in [-0.2, -0.15) is 4.57 Å². The van der Waals surface area contributed by atoms with Crippen LogP contribution in [-0.4, -0.2) is 31.2 Å². The maximum absolute atomic E-state index is 10.4. The summed E-state index contributed by atoms with van der Waals surface area (Å²) in [5.74, 6) is 0.688. The second-order valence-electron chi connectivity index (χ2n) is 6.37. The summed E-state index contributed by atoms with van der Waals surface area (Å²) in [6, 6.07) is 5.91. The molecule has 24 heavy (non-hydrogen) atoms. The van der Waals surface area contributed by atoms with E-state index in [2.05, 4.69) is 22.8 Å². The zero-order chi connectivity index (χ0) is 16.3. The molecule has 0 amide bonds. The van der Waals surface area contributed by atoms with E-state index in [9.17, 15) is 5.11 Å². The lowest BCUT2D eigenvalue weighted by atomic mass is 9.87. The summed E-state index contributed by atoms with van der Waals surface area (Å²) in [5.41, 5.74) is 3.68. The number of hydrogen-bond acceptors (Lipinski definition) is 4. The fourth-order valence-corrected chi connectivity index (χ4v) is 3.84. The average Bonchev–Trinajstić information content (AvgIpc) is 3.06. The molecule has 1 N–H and O–H groups in total. The average molecular weight is 324 g/mol. The van der Waals surface area contributed by atoms with E-state index >= 15 is 0 Å². The van der Waals surface area contributed by atoms with Gasteiger partial charge in [0.05, 0.1) is 12.5 Å². The lowest BCUT2D eigenvalue weighted by molar-refractivity contribution is -0.699. The van der Waals surface area contributed by atoms with Crippen molar-refractivity contribution in [3.05, 3.63) is 47.8 Å². The van der Waals surface area contributed by atoms with Crippen LogP contribution in [0.25, 0.3) is 16.3 Å². The Hall–Kier alpha value is -2.37. The predicted molar refractivity (Wildman–Crippen MR) is 87.6 cm³/mol. The fourth-order valence-electron chi connectivity index (χ4n) is 3.84.